The average molecular weight is 243 g/mol. The Balaban J connectivity index is 2.61. The van der Waals surface area contributed by atoms with E-state index in [1.807, 2.05) is 49.4 Å². The van der Waals surface area contributed by atoms with Crippen LogP contribution in [0.25, 0.3) is 10.8 Å². The first-order valence-electron chi connectivity index (χ1n) is 5.96. The zero-order valence-electron chi connectivity index (χ0n) is 10.6. The van der Waals surface area contributed by atoms with Crippen LogP contribution in [-0.4, -0.2) is 18.1 Å². The zero-order chi connectivity index (χ0) is 13.2. The van der Waals surface area contributed by atoms with E-state index in [0.29, 0.717) is 0 Å². The SMILES string of the molecule is CNC(C)(CC(=O)O)c1cccc2ccccc12. The third-order valence-electron chi connectivity index (χ3n) is 3.44. The molecule has 18 heavy (non-hydrogen) atoms. The molecule has 0 heterocycles. The predicted octanol–water partition coefficient (Wildman–Crippen LogP) is 2.75. The summed E-state index contributed by atoms with van der Waals surface area (Å²) in [5.74, 6) is -0.806. The Hall–Kier alpha value is -1.87. The van der Waals surface area contributed by atoms with E-state index in [0.717, 1.165) is 16.3 Å². The molecule has 94 valence electrons. The highest BCUT2D eigenvalue weighted by Gasteiger charge is 2.29. The molecular formula is C15H17NO2. The van der Waals surface area contributed by atoms with Gasteiger partial charge in [-0.05, 0) is 30.3 Å². The van der Waals surface area contributed by atoms with Crippen LogP contribution in [0.3, 0.4) is 0 Å². The van der Waals surface area contributed by atoms with E-state index >= 15 is 0 Å². The molecule has 0 aliphatic heterocycles. The third-order valence-corrected chi connectivity index (χ3v) is 3.44. The van der Waals surface area contributed by atoms with Gasteiger partial charge >= 0.3 is 5.97 Å². The number of nitrogens with one attached hydrogen (secondary N) is 1. The zero-order valence-corrected chi connectivity index (χ0v) is 10.6. The highest BCUT2D eigenvalue weighted by atomic mass is 16.4. The van der Waals surface area contributed by atoms with Crippen LogP contribution in [-0.2, 0) is 10.3 Å². The molecule has 0 saturated heterocycles. The number of carboxylic acid groups (broad SMARTS) is 1. The number of fused-ring (bicyclic) bond motifs is 1. The number of benzene rings is 2. The summed E-state index contributed by atoms with van der Waals surface area (Å²) in [6.45, 7) is 1.92. The van der Waals surface area contributed by atoms with Crippen molar-refractivity contribution in [1.29, 1.82) is 0 Å². The quantitative estimate of drug-likeness (QED) is 0.868. The van der Waals surface area contributed by atoms with Crippen molar-refractivity contribution in [3.8, 4) is 0 Å². The Morgan fingerprint density at radius 3 is 2.56 bits per heavy atom. The van der Waals surface area contributed by atoms with E-state index in [4.69, 9.17) is 5.11 Å². The minimum atomic E-state index is -0.806. The van der Waals surface area contributed by atoms with Crippen molar-refractivity contribution in [3.05, 3.63) is 48.0 Å². The van der Waals surface area contributed by atoms with Crippen molar-refractivity contribution >= 4 is 16.7 Å². The lowest BCUT2D eigenvalue weighted by Gasteiger charge is -2.29. The fourth-order valence-electron chi connectivity index (χ4n) is 2.33. The van der Waals surface area contributed by atoms with E-state index in [1.165, 1.54) is 0 Å². The van der Waals surface area contributed by atoms with Crippen LogP contribution in [0, 0.1) is 0 Å². The first kappa shape index (κ1) is 12.6. The first-order chi connectivity index (χ1) is 8.57. The Morgan fingerprint density at radius 2 is 1.89 bits per heavy atom. The van der Waals surface area contributed by atoms with Gasteiger partial charge in [0.05, 0.1) is 12.0 Å². The highest BCUT2D eigenvalue weighted by molar-refractivity contribution is 5.87. The molecule has 0 aliphatic rings. The molecule has 0 radical (unpaired) electrons. The van der Waals surface area contributed by atoms with Crippen LogP contribution >= 0.6 is 0 Å². The number of carboxylic acids is 1. The highest BCUT2D eigenvalue weighted by Crippen LogP contribution is 2.30. The van der Waals surface area contributed by atoms with Gasteiger partial charge in [-0.1, -0.05) is 42.5 Å². The summed E-state index contributed by atoms with van der Waals surface area (Å²) in [6.07, 6.45) is 0.0531. The molecule has 0 saturated carbocycles. The number of hydrogen-bond donors (Lipinski definition) is 2. The fraction of sp³-hybridized carbons (Fsp3) is 0.267. The Labute approximate surface area is 106 Å². The maximum Gasteiger partial charge on any atom is 0.305 e. The van der Waals surface area contributed by atoms with Crippen molar-refractivity contribution in [2.24, 2.45) is 0 Å². The van der Waals surface area contributed by atoms with E-state index in [1.54, 1.807) is 7.05 Å². The van der Waals surface area contributed by atoms with Crippen LogP contribution in [0.1, 0.15) is 18.9 Å². The largest absolute Gasteiger partial charge is 0.481 e. The molecule has 2 rings (SSSR count). The van der Waals surface area contributed by atoms with Crippen molar-refractivity contribution in [2.45, 2.75) is 18.9 Å². The van der Waals surface area contributed by atoms with E-state index in [-0.39, 0.29) is 6.42 Å². The molecule has 3 heteroatoms. The van der Waals surface area contributed by atoms with Gasteiger partial charge in [0.15, 0.2) is 0 Å². The van der Waals surface area contributed by atoms with Crippen LogP contribution in [0.2, 0.25) is 0 Å². The monoisotopic (exact) mass is 243 g/mol. The summed E-state index contributed by atoms with van der Waals surface area (Å²) < 4.78 is 0. The van der Waals surface area contributed by atoms with E-state index in [2.05, 4.69) is 5.32 Å². The standard InChI is InChI=1S/C15H17NO2/c1-15(16-2,10-14(17)18)13-9-5-7-11-6-3-4-8-12(11)13/h3-9,16H,10H2,1-2H3,(H,17,18). The molecule has 0 fully saturated rings. The van der Waals surface area contributed by atoms with Gasteiger partial charge in [-0.15, -0.1) is 0 Å². The van der Waals surface area contributed by atoms with Crippen LogP contribution in [0.4, 0.5) is 0 Å². The molecule has 0 amide bonds. The van der Waals surface area contributed by atoms with Crippen LogP contribution in [0.15, 0.2) is 42.5 Å². The average Bonchev–Trinajstić information content (AvgIpc) is 2.37. The Bertz CT molecular complexity index is 574. The molecule has 0 spiro atoms. The van der Waals surface area contributed by atoms with Crippen molar-refractivity contribution < 1.29 is 9.90 Å². The molecule has 3 nitrogen and oxygen atoms in total. The molecule has 2 aromatic carbocycles. The molecule has 2 aromatic rings. The summed E-state index contributed by atoms with van der Waals surface area (Å²) in [5, 5.41) is 14.4. The summed E-state index contributed by atoms with van der Waals surface area (Å²) in [5.41, 5.74) is 0.456. The van der Waals surface area contributed by atoms with Gasteiger partial charge in [0.25, 0.3) is 0 Å². The second kappa shape index (κ2) is 4.78. The van der Waals surface area contributed by atoms with Crippen molar-refractivity contribution in [2.75, 3.05) is 7.05 Å². The molecule has 1 unspecified atom stereocenters. The second-order valence-electron chi connectivity index (χ2n) is 4.68. The summed E-state index contributed by atoms with van der Waals surface area (Å²) in [4.78, 5) is 11.0. The van der Waals surface area contributed by atoms with Crippen molar-refractivity contribution in [3.63, 3.8) is 0 Å². The maximum absolute atomic E-state index is 11.0. The van der Waals surface area contributed by atoms with Gasteiger partial charge in [-0.3, -0.25) is 4.79 Å². The number of rotatable bonds is 4. The maximum atomic E-state index is 11.0. The topological polar surface area (TPSA) is 49.3 Å². The van der Waals surface area contributed by atoms with Gasteiger partial charge in [0.2, 0.25) is 0 Å². The number of carbonyl (C=O) groups is 1. The van der Waals surface area contributed by atoms with E-state index in [9.17, 15) is 4.79 Å². The minimum Gasteiger partial charge on any atom is -0.481 e. The summed E-state index contributed by atoms with van der Waals surface area (Å²) >= 11 is 0. The molecule has 0 aliphatic carbocycles. The molecule has 0 aromatic heterocycles. The smallest absolute Gasteiger partial charge is 0.305 e. The summed E-state index contributed by atoms with van der Waals surface area (Å²) in [7, 11) is 1.80. The van der Waals surface area contributed by atoms with Crippen LogP contribution in [0.5, 0.6) is 0 Å². The number of aliphatic carboxylic acids is 1. The normalized spacial score (nSPS) is 14.3. The molecule has 2 N–H and O–H groups in total. The lowest BCUT2D eigenvalue weighted by molar-refractivity contribution is -0.138. The lowest BCUT2D eigenvalue weighted by Crippen LogP contribution is -2.39. The van der Waals surface area contributed by atoms with Gasteiger partial charge in [-0.2, -0.15) is 0 Å². The molecule has 1 atom stereocenters. The van der Waals surface area contributed by atoms with Gasteiger partial charge < -0.3 is 10.4 Å². The third kappa shape index (κ3) is 2.22. The predicted molar refractivity (Wildman–Crippen MR) is 72.6 cm³/mol. The summed E-state index contributed by atoms with van der Waals surface area (Å²) in [6, 6.07) is 14.0. The molecular weight excluding hydrogens is 226 g/mol. The Kier molecular flexibility index (Phi) is 3.34. The van der Waals surface area contributed by atoms with Crippen molar-refractivity contribution in [1.82, 2.24) is 5.32 Å². The van der Waals surface area contributed by atoms with Crippen LogP contribution < -0.4 is 5.32 Å². The van der Waals surface area contributed by atoms with Gasteiger partial charge in [-0.25, -0.2) is 0 Å². The van der Waals surface area contributed by atoms with Gasteiger partial charge in [0, 0.05) is 0 Å². The van der Waals surface area contributed by atoms with E-state index < -0.39 is 11.5 Å². The molecule has 0 bridgehead atoms. The lowest BCUT2D eigenvalue weighted by atomic mass is 9.85. The Morgan fingerprint density at radius 1 is 1.22 bits per heavy atom. The number of hydrogen-bond acceptors (Lipinski definition) is 2. The first-order valence-corrected chi connectivity index (χ1v) is 5.96. The minimum absolute atomic E-state index is 0.0531. The fourth-order valence-corrected chi connectivity index (χ4v) is 2.33. The van der Waals surface area contributed by atoms with Gasteiger partial charge in [0.1, 0.15) is 0 Å². The second-order valence-corrected chi connectivity index (χ2v) is 4.68.